The number of ether oxygens (including phenoxy) is 2. The zero-order valence-corrected chi connectivity index (χ0v) is 8.64. The van der Waals surface area contributed by atoms with Gasteiger partial charge in [-0.25, -0.2) is 4.99 Å². The SMILES string of the molecule is COc1ccccc1C1=NC(CN)CO1. The second-order valence-corrected chi connectivity index (χ2v) is 3.34. The Morgan fingerprint density at radius 1 is 1.53 bits per heavy atom. The third-order valence-corrected chi connectivity index (χ3v) is 2.32. The molecule has 1 heterocycles. The summed E-state index contributed by atoms with van der Waals surface area (Å²) in [6.07, 6.45) is 0. The van der Waals surface area contributed by atoms with E-state index >= 15 is 0 Å². The first-order valence-electron chi connectivity index (χ1n) is 4.89. The second-order valence-electron chi connectivity index (χ2n) is 3.34. The molecule has 0 amide bonds. The molecule has 0 radical (unpaired) electrons. The molecule has 0 spiro atoms. The molecular formula is C11H14N2O2. The lowest BCUT2D eigenvalue weighted by Crippen LogP contribution is -2.18. The van der Waals surface area contributed by atoms with E-state index in [1.807, 2.05) is 24.3 Å². The zero-order chi connectivity index (χ0) is 10.7. The fourth-order valence-corrected chi connectivity index (χ4v) is 1.50. The van der Waals surface area contributed by atoms with Crippen LogP contribution in [0.25, 0.3) is 0 Å². The molecule has 1 aromatic rings. The van der Waals surface area contributed by atoms with Crippen LogP contribution in [0.4, 0.5) is 0 Å². The number of aliphatic imine (C=N–C) groups is 1. The molecular weight excluding hydrogens is 192 g/mol. The summed E-state index contributed by atoms with van der Waals surface area (Å²) in [4.78, 5) is 4.37. The summed E-state index contributed by atoms with van der Waals surface area (Å²) in [6, 6.07) is 7.73. The van der Waals surface area contributed by atoms with Gasteiger partial charge in [0.05, 0.1) is 12.7 Å². The van der Waals surface area contributed by atoms with Crippen molar-refractivity contribution in [1.29, 1.82) is 0 Å². The molecule has 80 valence electrons. The van der Waals surface area contributed by atoms with Crippen molar-refractivity contribution in [3.63, 3.8) is 0 Å². The Morgan fingerprint density at radius 2 is 2.33 bits per heavy atom. The van der Waals surface area contributed by atoms with Crippen LogP contribution in [0, 0.1) is 0 Å². The van der Waals surface area contributed by atoms with Crippen LogP contribution in [-0.4, -0.2) is 32.2 Å². The number of hydrogen-bond donors (Lipinski definition) is 1. The fourth-order valence-electron chi connectivity index (χ4n) is 1.50. The van der Waals surface area contributed by atoms with E-state index in [1.165, 1.54) is 0 Å². The molecule has 0 fully saturated rings. The molecule has 1 unspecified atom stereocenters. The maximum atomic E-state index is 5.53. The number of rotatable bonds is 3. The summed E-state index contributed by atoms with van der Waals surface area (Å²) in [5.41, 5.74) is 6.41. The smallest absolute Gasteiger partial charge is 0.220 e. The number of nitrogens with two attached hydrogens (primary N) is 1. The summed E-state index contributed by atoms with van der Waals surface area (Å²) in [5, 5.41) is 0. The molecule has 1 atom stereocenters. The van der Waals surface area contributed by atoms with E-state index in [9.17, 15) is 0 Å². The van der Waals surface area contributed by atoms with Crippen molar-refractivity contribution in [3.05, 3.63) is 29.8 Å². The monoisotopic (exact) mass is 206 g/mol. The van der Waals surface area contributed by atoms with Crippen molar-refractivity contribution < 1.29 is 9.47 Å². The Labute approximate surface area is 88.7 Å². The van der Waals surface area contributed by atoms with Gasteiger partial charge in [-0.1, -0.05) is 12.1 Å². The van der Waals surface area contributed by atoms with Crippen LogP contribution in [0.15, 0.2) is 29.3 Å². The highest BCUT2D eigenvalue weighted by atomic mass is 16.5. The van der Waals surface area contributed by atoms with Gasteiger partial charge in [0.15, 0.2) is 0 Å². The number of hydrogen-bond acceptors (Lipinski definition) is 4. The van der Waals surface area contributed by atoms with Gasteiger partial charge in [-0.05, 0) is 12.1 Å². The highest BCUT2D eigenvalue weighted by Gasteiger charge is 2.20. The van der Waals surface area contributed by atoms with Crippen LogP contribution in [-0.2, 0) is 4.74 Å². The van der Waals surface area contributed by atoms with Crippen molar-refractivity contribution in [2.24, 2.45) is 10.7 Å². The van der Waals surface area contributed by atoms with Gasteiger partial charge in [-0.3, -0.25) is 0 Å². The Balaban J connectivity index is 2.30. The van der Waals surface area contributed by atoms with E-state index in [0.717, 1.165) is 11.3 Å². The van der Waals surface area contributed by atoms with Gasteiger partial charge < -0.3 is 15.2 Å². The van der Waals surface area contributed by atoms with Crippen LogP contribution < -0.4 is 10.5 Å². The van der Waals surface area contributed by atoms with Crippen molar-refractivity contribution in [3.8, 4) is 5.75 Å². The van der Waals surface area contributed by atoms with Crippen LogP contribution in [0.2, 0.25) is 0 Å². The largest absolute Gasteiger partial charge is 0.496 e. The number of benzene rings is 1. The highest BCUT2D eigenvalue weighted by molar-refractivity contribution is 5.97. The maximum absolute atomic E-state index is 5.53. The van der Waals surface area contributed by atoms with Gasteiger partial charge in [0.25, 0.3) is 0 Å². The molecule has 2 N–H and O–H groups in total. The van der Waals surface area contributed by atoms with E-state index in [2.05, 4.69) is 4.99 Å². The minimum Gasteiger partial charge on any atom is -0.496 e. The Kier molecular flexibility index (Phi) is 2.87. The van der Waals surface area contributed by atoms with E-state index in [1.54, 1.807) is 7.11 Å². The van der Waals surface area contributed by atoms with Gasteiger partial charge in [0.2, 0.25) is 5.90 Å². The van der Waals surface area contributed by atoms with Crippen molar-refractivity contribution in [2.75, 3.05) is 20.3 Å². The Morgan fingerprint density at radius 3 is 3.00 bits per heavy atom. The number of nitrogens with zero attached hydrogens (tertiary/aromatic N) is 1. The molecule has 15 heavy (non-hydrogen) atoms. The summed E-state index contributed by atoms with van der Waals surface area (Å²) in [5.74, 6) is 1.40. The lowest BCUT2D eigenvalue weighted by Gasteiger charge is -2.06. The molecule has 1 aliphatic rings. The molecule has 0 aromatic heterocycles. The maximum Gasteiger partial charge on any atom is 0.220 e. The fraction of sp³-hybridized carbons (Fsp3) is 0.364. The summed E-state index contributed by atoms with van der Waals surface area (Å²) in [6.45, 7) is 1.07. The quantitative estimate of drug-likeness (QED) is 0.795. The minimum atomic E-state index is 0.0740. The van der Waals surface area contributed by atoms with Crippen LogP contribution in [0.3, 0.4) is 0 Å². The standard InChI is InChI=1S/C11H14N2O2/c1-14-10-5-3-2-4-9(10)11-13-8(6-12)7-15-11/h2-5,8H,6-7,12H2,1H3. The second kappa shape index (κ2) is 4.31. The predicted octanol–water partition coefficient (Wildman–Crippen LogP) is 0.799. The number of para-hydroxylation sites is 1. The highest BCUT2D eigenvalue weighted by Crippen LogP contribution is 2.21. The summed E-state index contributed by atoms with van der Waals surface area (Å²) >= 11 is 0. The van der Waals surface area contributed by atoms with Gasteiger partial charge in [0, 0.05) is 6.54 Å². The molecule has 2 rings (SSSR count). The predicted molar refractivity (Wildman–Crippen MR) is 58.3 cm³/mol. The Hall–Kier alpha value is -1.55. The third kappa shape index (κ3) is 1.94. The van der Waals surface area contributed by atoms with Gasteiger partial charge >= 0.3 is 0 Å². The average Bonchev–Trinajstić information content (AvgIpc) is 2.77. The summed E-state index contributed by atoms with van der Waals surface area (Å²) < 4.78 is 10.7. The molecule has 0 aliphatic carbocycles. The Bertz CT molecular complexity index is 377. The molecule has 1 aromatic carbocycles. The molecule has 0 bridgehead atoms. The van der Waals surface area contributed by atoms with Crippen molar-refractivity contribution >= 4 is 5.90 Å². The average molecular weight is 206 g/mol. The first-order chi connectivity index (χ1) is 7.35. The number of methoxy groups -OCH3 is 1. The normalized spacial score (nSPS) is 19.6. The van der Waals surface area contributed by atoms with Crippen molar-refractivity contribution in [2.45, 2.75) is 6.04 Å². The molecule has 1 aliphatic heterocycles. The first-order valence-corrected chi connectivity index (χ1v) is 4.89. The lowest BCUT2D eigenvalue weighted by molar-refractivity contribution is 0.318. The first kappa shape index (κ1) is 9.98. The van der Waals surface area contributed by atoms with E-state index < -0.39 is 0 Å². The molecule has 4 nitrogen and oxygen atoms in total. The minimum absolute atomic E-state index is 0.0740. The summed E-state index contributed by atoms with van der Waals surface area (Å²) in [7, 11) is 1.63. The third-order valence-electron chi connectivity index (χ3n) is 2.32. The molecule has 0 saturated heterocycles. The van der Waals surface area contributed by atoms with Crippen LogP contribution in [0.1, 0.15) is 5.56 Å². The van der Waals surface area contributed by atoms with Gasteiger partial charge in [-0.15, -0.1) is 0 Å². The van der Waals surface area contributed by atoms with E-state index in [0.29, 0.717) is 19.0 Å². The molecule has 4 heteroatoms. The zero-order valence-electron chi connectivity index (χ0n) is 8.64. The van der Waals surface area contributed by atoms with Crippen LogP contribution >= 0.6 is 0 Å². The van der Waals surface area contributed by atoms with Gasteiger partial charge in [-0.2, -0.15) is 0 Å². The van der Waals surface area contributed by atoms with E-state index in [-0.39, 0.29) is 6.04 Å². The molecule has 0 saturated carbocycles. The lowest BCUT2D eigenvalue weighted by atomic mass is 10.2. The van der Waals surface area contributed by atoms with Gasteiger partial charge in [0.1, 0.15) is 18.4 Å². The van der Waals surface area contributed by atoms with Crippen molar-refractivity contribution in [1.82, 2.24) is 0 Å². The van der Waals surface area contributed by atoms with E-state index in [4.69, 9.17) is 15.2 Å². The topological polar surface area (TPSA) is 56.8 Å². The van der Waals surface area contributed by atoms with Crippen LogP contribution in [0.5, 0.6) is 5.75 Å².